The summed E-state index contributed by atoms with van der Waals surface area (Å²) in [5.74, 6) is 0.930. The number of fused-ring (bicyclic) bond motifs is 1. The summed E-state index contributed by atoms with van der Waals surface area (Å²) < 4.78 is 36.1. The largest absolute Gasteiger partial charge is 0.493 e. The van der Waals surface area contributed by atoms with Crippen LogP contribution in [-0.4, -0.2) is 67.0 Å². The van der Waals surface area contributed by atoms with Crippen LogP contribution >= 0.6 is 0 Å². The predicted molar refractivity (Wildman–Crippen MR) is 150 cm³/mol. The summed E-state index contributed by atoms with van der Waals surface area (Å²) in [4.78, 5) is 42.4. The Morgan fingerprint density at radius 3 is 2.62 bits per heavy atom. The Hall–Kier alpha value is -3.10. The number of aromatic amines is 1. The molecule has 1 fully saturated rings. The van der Waals surface area contributed by atoms with Crippen molar-refractivity contribution in [2.24, 2.45) is 13.0 Å². The van der Waals surface area contributed by atoms with E-state index in [1.54, 1.807) is 17.7 Å². The molecule has 1 aliphatic heterocycles. The van der Waals surface area contributed by atoms with E-state index in [-0.39, 0.29) is 10.7 Å². The first-order valence-corrected chi connectivity index (χ1v) is 14.9. The molecule has 218 valence electrons. The second kappa shape index (κ2) is 13.0. The fourth-order valence-corrected chi connectivity index (χ4v) is 6.75. The van der Waals surface area contributed by atoms with Gasteiger partial charge in [0.1, 0.15) is 22.6 Å². The number of hydrogen-bond acceptors (Lipinski definition) is 9. The molecule has 3 heterocycles. The van der Waals surface area contributed by atoms with Gasteiger partial charge in [-0.1, -0.05) is 19.0 Å². The summed E-state index contributed by atoms with van der Waals surface area (Å²) in [6.07, 6.45) is 4.30. The predicted octanol–water partition coefficient (Wildman–Crippen LogP) is 2.97. The number of aromatic nitrogens is 3. The quantitative estimate of drug-likeness (QED) is 0.178. The normalized spacial score (nSPS) is 15.1. The van der Waals surface area contributed by atoms with Crippen molar-refractivity contribution in [1.29, 1.82) is 0 Å². The first-order chi connectivity index (χ1) is 19.3. The van der Waals surface area contributed by atoms with Crippen molar-refractivity contribution in [1.82, 2.24) is 24.5 Å². The number of benzene rings is 1. The molecule has 0 atom stereocenters. The number of nitrogens with zero attached hydrogens (tertiary/aromatic N) is 3. The zero-order valence-electron chi connectivity index (χ0n) is 23.4. The maximum absolute atomic E-state index is 13.7. The van der Waals surface area contributed by atoms with Crippen LogP contribution in [0.5, 0.6) is 5.75 Å². The number of aldehydes is 1. The van der Waals surface area contributed by atoms with E-state index < -0.39 is 15.6 Å². The van der Waals surface area contributed by atoms with E-state index in [4.69, 9.17) is 14.6 Å². The molecule has 0 aliphatic carbocycles. The smallest absolute Gasteiger partial charge is 0.275 e. The molecule has 1 saturated heterocycles. The molecule has 1 aromatic carbocycles. The van der Waals surface area contributed by atoms with Crippen molar-refractivity contribution < 1.29 is 27.6 Å². The van der Waals surface area contributed by atoms with Gasteiger partial charge >= 0.3 is 0 Å². The number of piperidine rings is 1. The first kappa shape index (κ1) is 29.9. The van der Waals surface area contributed by atoms with E-state index in [2.05, 4.69) is 15.5 Å². The number of aryl methyl sites for hydroxylation is 2. The van der Waals surface area contributed by atoms with Gasteiger partial charge in [-0.25, -0.2) is 13.4 Å². The van der Waals surface area contributed by atoms with Crippen molar-refractivity contribution in [3.05, 3.63) is 39.8 Å². The number of rotatable bonds is 13. The molecular weight excluding hydrogens is 538 g/mol. The van der Waals surface area contributed by atoms with E-state index in [9.17, 15) is 18.0 Å². The Morgan fingerprint density at radius 2 is 1.98 bits per heavy atom. The van der Waals surface area contributed by atoms with Gasteiger partial charge in [0, 0.05) is 25.7 Å². The van der Waals surface area contributed by atoms with Gasteiger partial charge in [0.2, 0.25) is 10.0 Å². The van der Waals surface area contributed by atoms with Crippen molar-refractivity contribution in [2.75, 3.05) is 33.4 Å². The van der Waals surface area contributed by atoms with Crippen molar-refractivity contribution in [3.63, 3.8) is 0 Å². The lowest BCUT2D eigenvalue weighted by atomic mass is 9.95. The molecule has 3 aromatic rings. The number of ether oxygens (including phenoxy) is 1. The summed E-state index contributed by atoms with van der Waals surface area (Å²) in [5, 5.41) is 0. The van der Waals surface area contributed by atoms with E-state index in [1.807, 2.05) is 13.8 Å². The Labute approximate surface area is 233 Å². The zero-order valence-corrected chi connectivity index (χ0v) is 24.2. The molecule has 2 N–H and O–H groups in total. The molecule has 13 heteroatoms. The number of H-pyrrole nitrogens is 1. The minimum Gasteiger partial charge on any atom is -0.493 e. The van der Waals surface area contributed by atoms with Crippen LogP contribution in [0.1, 0.15) is 55.6 Å². The van der Waals surface area contributed by atoms with Crippen molar-refractivity contribution in [3.8, 4) is 17.1 Å². The molecule has 12 nitrogen and oxygen atoms in total. The molecule has 0 bridgehead atoms. The Balaban J connectivity index is 1.69. The topological polar surface area (TPSA) is 145 Å². The Bertz CT molecular complexity index is 1510. The summed E-state index contributed by atoms with van der Waals surface area (Å²) >= 11 is 0. The van der Waals surface area contributed by atoms with E-state index in [1.165, 1.54) is 23.5 Å². The number of hydrogen-bond donors (Lipinski definition) is 2. The van der Waals surface area contributed by atoms with Crippen LogP contribution in [0.2, 0.25) is 0 Å². The fraction of sp³-hybridized carbons (Fsp3) is 0.519. The number of carbonyl (C=O) groups is 1. The Morgan fingerprint density at radius 1 is 1.23 bits per heavy atom. The van der Waals surface area contributed by atoms with Crippen LogP contribution < -0.4 is 15.9 Å². The summed E-state index contributed by atoms with van der Waals surface area (Å²) in [5.41, 5.74) is 4.09. The van der Waals surface area contributed by atoms with Gasteiger partial charge in [-0.2, -0.15) is 4.31 Å². The van der Waals surface area contributed by atoms with Gasteiger partial charge in [0.25, 0.3) is 5.56 Å². The minimum atomic E-state index is -3.81. The lowest BCUT2D eigenvalue weighted by molar-refractivity contribution is -0.154. The third-order valence-electron chi connectivity index (χ3n) is 7.29. The van der Waals surface area contributed by atoms with Crippen LogP contribution in [0.4, 0.5) is 0 Å². The van der Waals surface area contributed by atoms with E-state index >= 15 is 0 Å². The lowest BCUT2D eigenvalue weighted by Gasteiger charge is -2.31. The number of sulfonamides is 1. The summed E-state index contributed by atoms with van der Waals surface area (Å²) in [7, 11) is -0.680. The monoisotopic (exact) mass is 575 g/mol. The van der Waals surface area contributed by atoms with Crippen LogP contribution in [0.15, 0.2) is 27.9 Å². The minimum absolute atomic E-state index is 0.0928. The average molecular weight is 576 g/mol. The third kappa shape index (κ3) is 5.98. The maximum atomic E-state index is 13.7. The standard InChI is InChI=1S/C27H37N5O7S/c1-5-7-20-22(17-33)31(3)25-24(20)28-26(29-27(25)34)21-16-19(8-9-23(21)38-6-2)40(35,36)32-13-10-18(11-14-32)12-15-39-30-37-4/h8-9,16-18,30H,5-7,10-15H2,1-4H3,(H,28,29,34). The van der Waals surface area contributed by atoms with E-state index in [0.717, 1.165) is 32.0 Å². The maximum Gasteiger partial charge on any atom is 0.275 e. The lowest BCUT2D eigenvalue weighted by Crippen LogP contribution is -2.38. The number of nitrogens with one attached hydrogen (secondary N) is 2. The highest BCUT2D eigenvalue weighted by Gasteiger charge is 2.30. The Kier molecular flexibility index (Phi) is 9.74. The van der Waals surface area contributed by atoms with Gasteiger partial charge in [0.15, 0.2) is 6.29 Å². The van der Waals surface area contributed by atoms with Gasteiger partial charge < -0.3 is 14.3 Å². The zero-order chi connectivity index (χ0) is 28.9. The molecule has 0 radical (unpaired) electrons. The fourth-order valence-electron chi connectivity index (χ4n) is 5.26. The second-order valence-corrected chi connectivity index (χ2v) is 11.7. The molecule has 0 unspecified atom stereocenters. The molecule has 0 spiro atoms. The van der Waals surface area contributed by atoms with Gasteiger partial charge in [0.05, 0.1) is 36.5 Å². The van der Waals surface area contributed by atoms with Crippen molar-refractivity contribution >= 4 is 27.3 Å². The second-order valence-electron chi connectivity index (χ2n) is 9.77. The summed E-state index contributed by atoms with van der Waals surface area (Å²) in [6.45, 7) is 5.41. The van der Waals surface area contributed by atoms with Gasteiger partial charge in [-0.15, -0.1) is 0 Å². The van der Waals surface area contributed by atoms with E-state index in [0.29, 0.717) is 72.2 Å². The first-order valence-electron chi connectivity index (χ1n) is 13.5. The molecular formula is C27H37N5O7S. The average Bonchev–Trinajstić information content (AvgIpc) is 3.22. The molecule has 40 heavy (non-hydrogen) atoms. The summed E-state index contributed by atoms with van der Waals surface area (Å²) in [6, 6.07) is 4.62. The van der Waals surface area contributed by atoms with Crippen LogP contribution in [-0.2, 0) is 33.2 Å². The van der Waals surface area contributed by atoms with Crippen LogP contribution in [0, 0.1) is 5.92 Å². The van der Waals surface area contributed by atoms with Crippen LogP contribution in [0.3, 0.4) is 0 Å². The number of carbonyl (C=O) groups excluding carboxylic acids is 1. The molecule has 0 amide bonds. The van der Waals surface area contributed by atoms with Crippen LogP contribution in [0.25, 0.3) is 22.4 Å². The van der Waals surface area contributed by atoms with Gasteiger partial charge in [-0.3, -0.25) is 19.3 Å². The molecule has 2 aromatic heterocycles. The highest BCUT2D eigenvalue weighted by molar-refractivity contribution is 7.89. The highest BCUT2D eigenvalue weighted by atomic mass is 32.2. The highest BCUT2D eigenvalue weighted by Crippen LogP contribution is 2.34. The SMILES string of the molecule is CCCc1c(C=O)n(C)c2c(=O)[nH]c(-c3cc(S(=O)(=O)N4CCC(CCONOC)CC4)ccc3OCC)nc12. The molecule has 1 aliphatic rings. The third-order valence-corrected chi connectivity index (χ3v) is 9.18. The van der Waals surface area contributed by atoms with Crippen molar-refractivity contribution in [2.45, 2.75) is 50.8 Å². The van der Waals surface area contributed by atoms with Gasteiger partial charge in [-0.05, 0) is 56.7 Å². The molecule has 0 saturated carbocycles. The molecule has 4 rings (SSSR count).